The summed E-state index contributed by atoms with van der Waals surface area (Å²) in [5.74, 6) is 1.80. The highest BCUT2D eigenvalue weighted by Gasteiger charge is 2.12. The van der Waals surface area contributed by atoms with E-state index < -0.39 is 0 Å². The number of hydrogen-bond acceptors (Lipinski definition) is 4. The molecule has 1 aliphatic rings. The summed E-state index contributed by atoms with van der Waals surface area (Å²) in [6, 6.07) is 12.6. The second kappa shape index (κ2) is 7.78. The van der Waals surface area contributed by atoms with Crippen LogP contribution in [0.4, 0.5) is 11.8 Å². The van der Waals surface area contributed by atoms with Crippen molar-refractivity contribution in [2.24, 2.45) is 0 Å². The van der Waals surface area contributed by atoms with Crippen LogP contribution in [0, 0.1) is 0 Å². The van der Waals surface area contributed by atoms with Gasteiger partial charge in [0.15, 0.2) is 0 Å². The molecule has 1 aliphatic heterocycles. The molecule has 0 aliphatic carbocycles. The number of nitrogens with one attached hydrogen (secondary N) is 1. The maximum Gasteiger partial charge on any atom is 0.224 e. The Morgan fingerprint density at radius 3 is 2.64 bits per heavy atom. The number of anilines is 2. The van der Waals surface area contributed by atoms with Crippen molar-refractivity contribution in [3.63, 3.8) is 0 Å². The van der Waals surface area contributed by atoms with Crippen LogP contribution in [0.3, 0.4) is 0 Å². The van der Waals surface area contributed by atoms with Crippen LogP contribution < -0.4 is 10.2 Å². The molecular weight excluding hydrogens is 272 g/mol. The summed E-state index contributed by atoms with van der Waals surface area (Å²) >= 11 is 0. The lowest BCUT2D eigenvalue weighted by Crippen LogP contribution is -2.30. The number of hydrogen-bond donors (Lipinski definition) is 1. The summed E-state index contributed by atoms with van der Waals surface area (Å²) in [7, 11) is 0. The van der Waals surface area contributed by atoms with E-state index in [0.717, 1.165) is 44.2 Å². The van der Waals surface area contributed by atoms with Crippen molar-refractivity contribution in [1.82, 2.24) is 9.97 Å². The van der Waals surface area contributed by atoms with Crippen molar-refractivity contribution < 1.29 is 0 Å². The first-order valence-electron chi connectivity index (χ1n) is 8.27. The van der Waals surface area contributed by atoms with Crippen LogP contribution in [0.1, 0.15) is 31.2 Å². The van der Waals surface area contributed by atoms with Crippen LogP contribution in [0.5, 0.6) is 0 Å². The number of piperidine rings is 1. The van der Waals surface area contributed by atoms with Crippen LogP contribution in [0.2, 0.25) is 0 Å². The van der Waals surface area contributed by atoms with Gasteiger partial charge in [0.25, 0.3) is 0 Å². The summed E-state index contributed by atoms with van der Waals surface area (Å²) in [5.41, 5.74) is 1.38. The van der Waals surface area contributed by atoms with Crippen LogP contribution in [-0.2, 0) is 6.42 Å². The molecule has 0 bridgehead atoms. The molecule has 116 valence electrons. The van der Waals surface area contributed by atoms with Crippen molar-refractivity contribution in [2.45, 2.75) is 32.1 Å². The number of rotatable bonds is 6. The van der Waals surface area contributed by atoms with Crippen LogP contribution >= 0.6 is 0 Å². The molecule has 0 unspecified atom stereocenters. The molecule has 2 heterocycles. The van der Waals surface area contributed by atoms with E-state index in [4.69, 9.17) is 0 Å². The van der Waals surface area contributed by atoms with E-state index in [9.17, 15) is 0 Å². The zero-order valence-corrected chi connectivity index (χ0v) is 13.0. The van der Waals surface area contributed by atoms with Gasteiger partial charge in [-0.05, 0) is 43.7 Å². The van der Waals surface area contributed by atoms with Crippen LogP contribution in [0.15, 0.2) is 42.6 Å². The number of aryl methyl sites for hydroxylation is 1. The molecule has 2 aromatic rings. The fraction of sp³-hybridized carbons (Fsp3) is 0.444. The lowest BCUT2D eigenvalue weighted by atomic mass is 10.1. The summed E-state index contributed by atoms with van der Waals surface area (Å²) < 4.78 is 0. The van der Waals surface area contributed by atoms with Crippen LogP contribution in [0.25, 0.3) is 0 Å². The topological polar surface area (TPSA) is 41.1 Å². The molecule has 1 saturated heterocycles. The average molecular weight is 296 g/mol. The van der Waals surface area contributed by atoms with Gasteiger partial charge >= 0.3 is 0 Å². The fourth-order valence-electron chi connectivity index (χ4n) is 2.87. The molecule has 1 fully saturated rings. The van der Waals surface area contributed by atoms with Gasteiger partial charge in [0.2, 0.25) is 5.95 Å². The quantitative estimate of drug-likeness (QED) is 0.828. The Bertz CT molecular complexity index is 564. The van der Waals surface area contributed by atoms with Crippen molar-refractivity contribution in [1.29, 1.82) is 0 Å². The van der Waals surface area contributed by atoms with E-state index in [1.165, 1.54) is 24.8 Å². The Morgan fingerprint density at radius 1 is 1.00 bits per heavy atom. The van der Waals surface area contributed by atoms with E-state index in [0.29, 0.717) is 0 Å². The third-order valence-electron chi connectivity index (χ3n) is 4.09. The first-order chi connectivity index (χ1) is 10.9. The molecule has 0 amide bonds. The van der Waals surface area contributed by atoms with Gasteiger partial charge in [-0.25, -0.2) is 4.98 Å². The molecule has 0 atom stereocenters. The number of aromatic nitrogens is 2. The van der Waals surface area contributed by atoms with E-state index >= 15 is 0 Å². The molecule has 0 spiro atoms. The second-order valence-electron chi connectivity index (χ2n) is 5.80. The van der Waals surface area contributed by atoms with Gasteiger partial charge in [0.1, 0.15) is 5.82 Å². The first-order valence-corrected chi connectivity index (χ1v) is 8.27. The minimum absolute atomic E-state index is 0.746. The number of benzene rings is 1. The van der Waals surface area contributed by atoms with E-state index in [1.807, 2.05) is 12.3 Å². The standard InChI is InChI=1S/C18H24N4/c1-3-8-16(9-4-1)10-7-12-19-18-20-13-11-17(21-18)22-14-5-2-6-15-22/h1,3-4,8-9,11,13H,2,5-7,10,12,14-15H2,(H,19,20,21). The Morgan fingerprint density at radius 2 is 1.82 bits per heavy atom. The van der Waals surface area contributed by atoms with Gasteiger partial charge in [-0.1, -0.05) is 30.3 Å². The smallest absolute Gasteiger partial charge is 0.224 e. The first kappa shape index (κ1) is 14.8. The predicted molar refractivity (Wildman–Crippen MR) is 91.3 cm³/mol. The third kappa shape index (κ3) is 4.20. The van der Waals surface area contributed by atoms with Crippen LogP contribution in [-0.4, -0.2) is 29.6 Å². The van der Waals surface area contributed by atoms with Crippen molar-refractivity contribution >= 4 is 11.8 Å². The summed E-state index contributed by atoms with van der Waals surface area (Å²) in [6.45, 7) is 3.13. The van der Waals surface area contributed by atoms with Gasteiger partial charge in [-0.2, -0.15) is 4.98 Å². The average Bonchev–Trinajstić information content (AvgIpc) is 2.61. The molecule has 1 aromatic heterocycles. The van der Waals surface area contributed by atoms with Gasteiger partial charge < -0.3 is 10.2 Å². The second-order valence-corrected chi connectivity index (χ2v) is 5.80. The monoisotopic (exact) mass is 296 g/mol. The van der Waals surface area contributed by atoms with Gasteiger partial charge in [0, 0.05) is 25.8 Å². The molecule has 4 nitrogen and oxygen atoms in total. The predicted octanol–water partition coefficient (Wildman–Crippen LogP) is 3.51. The highest BCUT2D eigenvalue weighted by atomic mass is 15.2. The molecule has 22 heavy (non-hydrogen) atoms. The van der Waals surface area contributed by atoms with Gasteiger partial charge in [0.05, 0.1) is 0 Å². The third-order valence-corrected chi connectivity index (χ3v) is 4.09. The Labute approximate surface area is 132 Å². The summed E-state index contributed by atoms with van der Waals surface area (Å²) in [4.78, 5) is 11.3. The van der Waals surface area contributed by atoms with E-state index in [1.54, 1.807) is 0 Å². The molecular formula is C18H24N4. The largest absolute Gasteiger partial charge is 0.356 e. The lowest BCUT2D eigenvalue weighted by Gasteiger charge is -2.27. The van der Waals surface area contributed by atoms with Crippen molar-refractivity contribution in [2.75, 3.05) is 29.9 Å². The molecule has 0 saturated carbocycles. The van der Waals surface area contributed by atoms with Gasteiger partial charge in [-0.3, -0.25) is 0 Å². The number of nitrogens with zero attached hydrogens (tertiary/aromatic N) is 3. The van der Waals surface area contributed by atoms with E-state index in [-0.39, 0.29) is 0 Å². The van der Waals surface area contributed by atoms with Crippen molar-refractivity contribution in [3.8, 4) is 0 Å². The summed E-state index contributed by atoms with van der Waals surface area (Å²) in [5, 5.41) is 3.35. The lowest BCUT2D eigenvalue weighted by molar-refractivity contribution is 0.573. The Kier molecular flexibility index (Phi) is 5.24. The van der Waals surface area contributed by atoms with E-state index in [2.05, 4.69) is 50.5 Å². The molecule has 4 heteroatoms. The minimum atomic E-state index is 0.746. The Hall–Kier alpha value is -2.10. The molecule has 1 N–H and O–H groups in total. The normalized spacial score (nSPS) is 14.8. The zero-order valence-electron chi connectivity index (χ0n) is 13.0. The maximum atomic E-state index is 4.64. The van der Waals surface area contributed by atoms with Gasteiger partial charge in [-0.15, -0.1) is 0 Å². The zero-order chi connectivity index (χ0) is 15.0. The Balaban J connectivity index is 1.48. The minimum Gasteiger partial charge on any atom is -0.356 e. The SMILES string of the molecule is c1ccc(CCCNc2nccc(N3CCCCC3)n2)cc1. The fourth-order valence-corrected chi connectivity index (χ4v) is 2.87. The molecule has 0 radical (unpaired) electrons. The highest BCUT2D eigenvalue weighted by Crippen LogP contribution is 2.17. The molecule has 1 aromatic carbocycles. The molecule has 3 rings (SSSR count). The maximum absolute atomic E-state index is 4.64. The van der Waals surface area contributed by atoms with Crippen molar-refractivity contribution in [3.05, 3.63) is 48.2 Å². The highest BCUT2D eigenvalue weighted by molar-refractivity contribution is 5.42. The summed E-state index contributed by atoms with van der Waals surface area (Å²) in [6.07, 6.45) is 7.90.